The number of hydrogen-bond donors (Lipinski definition) is 1. The Bertz CT molecular complexity index is 1240. The van der Waals surface area contributed by atoms with Gasteiger partial charge in [-0.2, -0.15) is 0 Å². The van der Waals surface area contributed by atoms with Crippen LogP contribution in [0.15, 0.2) is 59.5 Å². The molecule has 0 saturated heterocycles. The number of nitrogens with zero attached hydrogens (tertiary/aromatic N) is 2. The largest absolute Gasteiger partial charge is 0.454 e. The summed E-state index contributed by atoms with van der Waals surface area (Å²) in [6.45, 7) is 2.77. The van der Waals surface area contributed by atoms with E-state index in [2.05, 4.69) is 5.43 Å². The van der Waals surface area contributed by atoms with Crippen LogP contribution >= 0.6 is 11.8 Å². The summed E-state index contributed by atoms with van der Waals surface area (Å²) in [4.78, 5) is 48.9. The van der Waals surface area contributed by atoms with Crippen molar-refractivity contribution in [3.05, 3.63) is 92.8 Å². The lowest BCUT2D eigenvalue weighted by Crippen LogP contribution is -2.25. The molecule has 33 heavy (non-hydrogen) atoms. The highest BCUT2D eigenvalue weighted by Crippen LogP contribution is 2.25. The highest BCUT2D eigenvalue weighted by molar-refractivity contribution is 7.98. The lowest BCUT2D eigenvalue weighted by atomic mass is 10.1. The van der Waals surface area contributed by atoms with Crippen molar-refractivity contribution in [1.29, 1.82) is 0 Å². The summed E-state index contributed by atoms with van der Waals surface area (Å²) >= 11 is 1.32. The van der Waals surface area contributed by atoms with Crippen molar-refractivity contribution < 1.29 is 24.0 Å². The molecule has 170 valence electrons. The molecule has 3 aromatic rings. The average molecular weight is 468 g/mol. The van der Waals surface area contributed by atoms with Gasteiger partial charge in [-0.15, -0.1) is 11.8 Å². The predicted octanol–water partition coefficient (Wildman–Crippen LogP) is 4.16. The molecular formula is C23H21N3O6S. The maximum absolute atomic E-state index is 12.7. The molecule has 0 aliphatic rings. The van der Waals surface area contributed by atoms with E-state index >= 15 is 0 Å². The van der Waals surface area contributed by atoms with Crippen LogP contribution in [0.3, 0.4) is 0 Å². The molecule has 0 atom stereocenters. The molecule has 0 fully saturated rings. The van der Waals surface area contributed by atoms with Crippen LogP contribution in [0, 0.1) is 24.0 Å². The first kappa shape index (κ1) is 23.7. The van der Waals surface area contributed by atoms with Crippen LogP contribution in [-0.2, 0) is 4.74 Å². The number of carbonyl (C=O) groups is 3. The zero-order valence-electron chi connectivity index (χ0n) is 18.2. The molecular weight excluding hydrogens is 446 g/mol. The smallest absolute Gasteiger partial charge is 0.345 e. The first-order valence-corrected chi connectivity index (χ1v) is 11.0. The molecule has 0 spiro atoms. The van der Waals surface area contributed by atoms with Crippen LogP contribution < -0.4 is 5.43 Å². The van der Waals surface area contributed by atoms with Gasteiger partial charge in [0.2, 0.25) is 5.78 Å². The van der Waals surface area contributed by atoms with Crippen LogP contribution in [0.25, 0.3) is 0 Å². The molecule has 1 N–H and O–H groups in total. The normalized spacial score (nSPS) is 10.5. The number of benzene rings is 2. The number of carbonyl (C=O) groups excluding carboxylic acids is 3. The van der Waals surface area contributed by atoms with Gasteiger partial charge in [0, 0.05) is 33.5 Å². The van der Waals surface area contributed by atoms with Crippen molar-refractivity contribution in [3.63, 3.8) is 0 Å². The molecule has 9 nitrogen and oxygen atoms in total. The summed E-state index contributed by atoms with van der Waals surface area (Å²) < 4.78 is 6.57. The minimum absolute atomic E-state index is 0.222. The Balaban J connectivity index is 1.74. The van der Waals surface area contributed by atoms with E-state index in [1.54, 1.807) is 56.5 Å². The van der Waals surface area contributed by atoms with Gasteiger partial charge in [0.25, 0.3) is 11.6 Å². The number of thioether (sulfide) groups is 1. The fraction of sp³-hybridized carbons (Fsp3) is 0.174. The van der Waals surface area contributed by atoms with Gasteiger partial charge in [0.1, 0.15) is 5.56 Å². The van der Waals surface area contributed by atoms with Gasteiger partial charge >= 0.3 is 5.97 Å². The Kier molecular flexibility index (Phi) is 7.29. The number of hydrogen-bond acceptors (Lipinski definition) is 7. The number of esters is 1. The summed E-state index contributed by atoms with van der Waals surface area (Å²) in [7, 11) is 0. The molecule has 1 aromatic heterocycles. The number of amides is 1. The molecule has 0 bridgehead atoms. The maximum atomic E-state index is 12.7. The third kappa shape index (κ3) is 5.29. The van der Waals surface area contributed by atoms with Gasteiger partial charge in [0.05, 0.1) is 4.92 Å². The topological polar surface area (TPSA) is 121 Å². The highest BCUT2D eigenvalue weighted by Gasteiger charge is 2.24. The fourth-order valence-corrected chi connectivity index (χ4v) is 3.66. The second-order valence-electron chi connectivity index (χ2n) is 7.07. The number of ketones is 1. The van der Waals surface area contributed by atoms with E-state index in [1.807, 2.05) is 0 Å². The molecule has 0 radical (unpaired) electrons. The Morgan fingerprint density at radius 2 is 1.76 bits per heavy atom. The summed E-state index contributed by atoms with van der Waals surface area (Å²) in [5.74, 6) is -1.80. The molecule has 3 rings (SSSR count). The molecule has 10 heteroatoms. The Morgan fingerprint density at radius 1 is 1.06 bits per heavy atom. The van der Waals surface area contributed by atoms with Crippen LogP contribution in [0.1, 0.15) is 42.5 Å². The van der Waals surface area contributed by atoms with Crippen molar-refractivity contribution in [3.8, 4) is 0 Å². The summed E-state index contributed by atoms with van der Waals surface area (Å²) in [5.41, 5.74) is 3.91. The Labute approximate surface area is 193 Å². The molecule has 0 aliphatic heterocycles. The van der Waals surface area contributed by atoms with Crippen LogP contribution in [0.4, 0.5) is 5.69 Å². The van der Waals surface area contributed by atoms with E-state index in [0.717, 1.165) is 0 Å². The van der Waals surface area contributed by atoms with Gasteiger partial charge in [0.15, 0.2) is 6.61 Å². The lowest BCUT2D eigenvalue weighted by molar-refractivity contribution is -0.385. The van der Waals surface area contributed by atoms with Crippen molar-refractivity contribution in [2.75, 3.05) is 18.3 Å². The van der Waals surface area contributed by atoms with Crippen molar-refractivity contribution in [2.45, 2.75) is 18.7 Å². The minimum Gasteiger partial charge on any atom is -0.454 e. The number of Topliss-reactive ketones (excluding diaryl/α,β-unsaturated/α-hetero) is 1. The van der Waals surface area contributed by atoms with Crippen LogP contribution in [0.2, 0.25) is 0 Å². The summed E-state index contributed by atoms with van der Waals surface area (Å²) in [6.07, 6.45) is 1.77. The van der Waals surface area contributed by atoms with Crippen molar-refractivity contribution >= 4 is 35.1 Å². The number of nitro groups is 1. The van der Waals surface area contributed by atoms with Crippen LogP contribution in [-0.4, -0.2) is 40.1 Å². The second-order valence-corrected chi connectivity index (χ2v) is 7.95. The van der Waals surface area contributed by atoms with Gasteiger partial charge < -0.3 is 4.74 Å². The quantitative estimate of drug-likeness (QED) is 0.174. The van der Waals surface area contributed by atoms with Crippen molar-refractivity contribution in [1.82, 2.24) is 4.68 Å². The monoisotopic (exact) mass is 467 g/mol. The Hall–Kier alpha value is -3.92. The average Bonchev–Trinajstić information content (AvgIpc) is 3.10. The number of ether oxygens (including phenoxy) is 1. The molecule has 0 unspecified atom stereocenters. The first-order valence-electron chi connectivity index (χ1n) is 9.81. The van der Waals surface area contributed by atoms with Gasteiger partial charge in [-0.25, -0.2) is 4.79 Å². The van der Waals surface area contributed by atoms with Gasteiger partial charge in [-0.1, -0.05) is 18.2 Å². The van der Waals surface area contributed by atoms with E-state index < -0.39 is 29.0 Å². The third-order valence-corrected chi connectivity index (χ3v) is 5.66. The number of aryl methyl sites for hydroxylation is 1. The van der Waals surface area contributed by atoms with E-state index in [4.69, 9.17) is 4.74 Å². The van der Waals surface area contributed by atoms with Crippen molar-refractivity contribution in [2.24, 2.45) is 0 Å². The van der Waals surface area contributed by atoms with E-state index in [1.165, 1.54) is 34.6 Å². The fourth-order valence-electron chi connectivity index (χ4n) is 3.22. The van der Waals surface area contributed by atoms with E-state index in [9.17, 15) is 24.5 Å². The molecule has 0 saturated carbocycles. The maximum Gasteiger partial charge on any atom is 0.345 e. The molecule has 0 aliphatic carbocycles. The standard InChI is InChI=1S/C23H21N3O6S/c1-14-11-18(15(2)25(14)24-22(28)16-7-5-4-6-8-16)21(27)13-32-23(29)19-12-17(33-3)9-10-20(19)26(30)31/h4-12H,13H2,1-3H3,(H,24,28). The van der Waals surface area contributed by atoms with Gasteiger partial charge in [-0.05, 0) is 50.4 Å². The number of rotatable bonds is 8. The number of aromatic nitrogens is 1. The number of nitrogens with one attached hydrogen (secondary N) is 1. The molecule has 1 amide bonds. The summed E-state index contributed by atoms with van der Waals surface area (Å²) in [6, 6.07) is 14.3. The van der Waals surface area contributed by atoms with E-state index in [-0.39, 0.29) is 17.0 Å². The zero-order chi connectivity index (χ0) is 24.1. The molecule has 1 heterocycles. The van der Waals surface area contributed by atoms with E-state index in [0.29, 0.717) is 21.8 Å². The second kappa shape index (κ2) is 10.1. The summed E-state index contributed by atoms with van der Waals surface area (Å²) in [5, 5.41) is 11.2. The number of nitro benzene ring substituents is 1. The SMILES string of the molecule is CSc1ccc([N+](=O)[O-])c(C(=O)OCC(=O)c2cc(C)n(NC(=O)c3ccccc3)c2C)c1. The molecule has 2 aromatic carbocycles. The Morgan fingerprint density at radius 3 is 2.39 bits per heavy atom. The first-order chi connectivity index (χ1) is 15.7. The highest BCUT2D eigenvalue weighted by atomic mass is 32.2. The predicted molar refractivity (Wildman–Crippen MR) is 124 cm³/mol. The van der Waals surface area contributed by atoms with Crippen LogP contribution in [0.5, 0.6) is 0 Å². The third-order valence-electron chi connectivity index (χ3n) is 4.94. The van der Waals surface area contributed by atoms with Gasteiger partial charge in [-0.3, -0.25) is 29.8 Å². The minimum atomic E-state index is -0.961. The lowest BCUT2D eigenvalue weighted by Gasteiger charge is -2.12. The zero-order valence-corrected chi connectivity index (χ0v) is 19.0.